The highest BCUT2D eigenvalue weighted by atomic mass is 16.5. The van der Waals surface area contributed by atoms with E-state index in [1.165, 1.54) is 0 Å². The molecular formula is C8H21N3O. The summed E-state index contributed by atoms with van der Waals surface area (Å²) in [5.41, 5.74) is 3.09. The van der Waals surface area contributed by atoms with Crippen molar-refractivity contribution in [3.63, 3.8) is 0 Å². The van der Waals surface area contributed by atoms with Gasteiger partial charge in [0.05, 0.1) is 0 Å². The summed E-state index contributed by atoms with van der Waals surface area (Å²) >= 11 is 0. The third-order valence-corrected chi connectivity index (χ3v) is 1.72. The summed E-state index contributed by atoms with van der Waals surface area (Å²) in [5, 5.41) is 2.06. The SMILES string of the molecule is CNN(COC)C(C)CN(C)C. The summed E-state index contributed by atoms with van der Waals surface area (Å²) in [6, 6.07) is 0.449. The van der Waals surface area contributed by atoms with E-state index in [0.29, 0.717) is 12.8 Å². The molecule has 74 valence electrons. The van der Waals surface area contributed by atoms with Gasteiger partial charge in [0.25, 0.3) is 0 Å². The van der Waals surface area contributed by atoms with Gasteiger partial charge in [0.1, 0.15) is 6.73 Å². The van der Waals surface area contributed by atoms with E-state index in [2.05, 4.69) is 36.4 Å². The maximum absolute atomic E-state index is 5.04. The molecular weight excluding hydrogens is 154 g/mol. The number of methoxy groups -OCH3 is 1. The van der Waals surface area contributed by atoms with E-state index >= 15 is 0 Å². The Morgan fingerprint density at radius 3 is 2.33 bits per heavy atom. The van der Waals surface area contributed by atoms with Gasteiger partial charge in [-0.3, -0.25) is 5.43 Å². The van der Waals surface area contributed by atoms with E-state index in [1.54, 1.807) is 7.11 Å². The summed E-state index contributed by atoms with van der Waals surface area (Å²) in [6.07, 6.45) is 0. The lowest BCUT2D eigenvalue weighted by Crippen LogP contribution is -2.47. The predicted molar refractivity (Wildman–Crippen MR) is 50.8 cm³/mol. The van der Waals surface area contributed by atoms with Crippen LogP contribution >= 0.6 is 0 Å². The molecule has 0 saturated carbocycles. The number of nitrogens with zero attached hydrogens (tertiary/aromatic N) is 2. The lowest BCUT2D eigenvalue weighted by Gasteiger charge is -2.29. The molecule has 0 amide bonds. The van der Waals surface area contributed by atoms with Gasteiger partial charge in [-0.05, 0) is 28.1 Å². The fraction of sp³-hybridized carbons (Fsp3) is 1.00. The Kier molecular flexibility index (Phi) is 6.28. The van der Waals surface area contributed by atoms with Crippen molar-refractivity contribution in [1.82, 2.24) is 15.3 Å². The minimum absolute atomic E-state index is 0.449. The molecule has 0 spiro atoms. The first-order valence-corrected chi connectivity index (χ1v) is 4.19. The lowest BCUT2D eigenvalue weighted by molar-refractivity contribution is 0.000220. The molecule has 1 N–H and O–H groups in total. The number of hydrazine groups is 1. The summed E-state index contributed by atoms with van der Waals surface area (Å²) in [6.45, 7) is 3.80. The van der Waals surface area contributed by atoms with Crippen molar-refractivity contribution in [3.05, 3.63) is 0 Å². The molecule has 0 aromatic rings. The van der Waals surface area contributed by atoms with Crippen LogP contribution in [0.15, 0.2) is 0 Å². The van der Waals surface area contributed by atoms with E-state index in [4.69, 9.17) is 4.74 Å². The molecule has 0 aliphatic carbocycles. The second-order valence-electron chi connectivity index (χ2n) is 3.22. The van der Waals surface area contributed by atoms with E-state index in [1.807, 2.05) is 7.05 Å². The number of rotatable bonds is 6. The van der Waals surface area contributed by atoms with Crippen molar-refractivity contribution < 1.29 is 4.74 Å². The second kappa shape index (κ2) is 6.37. The molecule has 0 fully saturated rings. The summed E-state index contributed by atoms with van der Waals surface area (Å²) in [4.78, 5) is 2.16. The standard InChI is InChI=1S/C8H21N3O/c1-8(6-10(3)4)11(9-2)7-12-5/h8-9H,6-7H2,1-5H3. The van der Waals surface area contributed by atoms with Gasteiger partial charge in [0.15, 0.2) is 0 Å². The van der Waals surface area contributed by atoms with Crippen LogP contribution in [0.3, 0.4) is 0 Å². The average Bonchev–Trinajstić information content (AvgIpc) is 1.98. The number of ether oxygens (including phenoxy) is 1. The lowest BCUT2D eigenvalue weighted by atomic mass is 10.3. The Bertz CT molecular complexity index is 108. The molecule has 0 aromatic carbocycles. The zero-order valence-electron chi connectivity index (χ0n) is 8.79. The second-order valence-corrected chi connectivity index (χ2v) is 3.22. The quantitative estimate of drug-likeness (QED) is 0.453. The molecule has 0 radical (unpaired) electrons. The van der Waals surface area contributed by atoms with Crippen LogP contribution in [-0.4, -0.2) is 57.5 Å². The van der Waals surface area contributed by atoms with Crippen LogP contribution in [0.2, 0.25) is 0 Å². The normalized spacial score (nSPS) is 14.2. The highest BCUT2D eigenvalue weighted by Crippen LogP contribution is 1.95. The Balaban J connectivity index is 3.76. The van der Waals surface area contributed by atoms with Gasteiger partial charge >= 0.3 is 0 Å². The van der Waals surface area contributed by atoms with Crippen LogP contribution in [-0.2, 0) is 4.74 Å². The van der Waals surface area contributed by atoms with E-state index < -0.39 is 0 Å². The molecule has 4 heteroatoms. The molecule has 1 atom stereocenters. The maximum Gasteiger partial charge on any atom is 0.112 e. The molecule has 12 heavy (non-hydrogen) atoms. The Morgan fingerprint density at radius 2 is 2.00 bits per heavy atom. The Morgan fingerprint density at radius 1 is 1.42 bits per heavy atom. The van der Waals surface area contributed by atoms with Gasteiger partial charge in [-0.2, -0.15) is 0 Å². The fourth-order valence-corrected chi connectivity index (χ4v) is 1.18. The van der Waals surface area contributed by atoms with Gasteiger partial charge in [-0.25, -0.2) is 5.01 Å². The number of hydrogen-bond donors (Lipinski definition) is 1. The van der Waals surface area contributed by atoms with Gasteiger partial charge in [-0.15, -0.1) is 0 Å². The maximum atomic E-state index is 5.04. The highest BCUT2D eigenvalue weighted by molar-refractivity contribution is 4.62. The fourth-order valence-electron chi connectivity index (χ4n) is 1.18. The molecule has 0 aromatic heterocycles. The molecule has 0 bridgehead atoms. The summed E-state index contributed by atoms with van der Waals surface area (Å²) in [5.74, 6) is 0. The first kappa shape index (κ1) is 11.8. The molecule has 0 aliphatic heterocycles. The topological polar surface area (TPSA) is 27.7 Å². The summed E-state index contributed by atoms with van der Waals surface area (Å²) in [7, 11) is 7.74. The van der Waals surface area contributed by atoms with Crippen LogP contribution in [0.1, 0.15) is 6.92 Å². The van der Waals surface area contributed by atoms with Crippen LogP contribution < -0.4 is 5.43 Å². The van der Waals surface area contributed by atoms with Gasteiger partial charge in [0.2, 0.25) is 0 Å². The average molecular weight is 175 g/mol. The van der Waals surface area contributed by atoms with Crippen molar-refractivity contribution in [2.45, 2.75) is 13.0 Å². The van der Waals surface area contributed by atoms with Crippen molar-refractivity contribution in [2.75, 3.05) is 41.5 Å². The Hall–Kier alpha value is -0.160. The van der Waals surface area contributed by atoms with Gasteiger partial charge in [0, 0.05) is 19.7 Å². The van der Waals surface area contributed by atoms with Crippen molar-refractivity contribution in [1.29, 1.82) is 0 Å². The molecule has 0 aliphatic rings. The van der Waals surface area contributed by atoms with Crippen LogP contribution in [0.25, 0.3) is 0 Å². The Labute approximate surface area is 75.4 Å². The van der Waals surface area contributed by atoms with Gasteiger partial charge in [-0.1, -0.05) is 0 Å². The molecule has 4 nitrogen and oxygen atoms in total. The van der Waals surface area contributed by atoms with Crippen molar-refractivity contribution in [3.8, 4) is 0 Å². The van der Waals surface area contributed by atoms with Crippen molar-refractivity contribution >= 4 is 0 Å². The molecule has 1 unspecified atom stereocenters. The number of likely N-dealkylation sites (N-methyl/N-ethyl adjacent to an activating group) is 1. The predicted octanol–water partition coefficient (Wildman–Crippen LogP) is -0.0232. The molecule has 0 rings (SSSR count). The zero-order valence-corrected chi connectivity index (χ0v) is 8.79. The van der Waals surface area contributed by atoms with E-state index in [0.717, 1.165) is 6.54 Å². The minimum Gasteiger partial charge on any atom is -0.368 e. The third-order valence-electron chi connectivity index (χ3n) is 1.72. The first-order chi connectivity index (χ1) is 5.61. The third kappa shape index (κ3) is 4.66. The minimum atomic E-state index is 0.449. The highest BCUT2D eigenvalue weighted by Gasteiger charge is 2.11. The largest absolute Gasteiger partial charge is 0.368 e. The summed E-state index contributed by atoms with van der Waals surface area (Å²) < 4.78 is 5.04. The first-order valence-electron chi connectivity index (χ1n) is 4.19. The van der Waals surface area contributed by atoms with Crippen LogP contribution in [0, 0.1) is 0 Å². The molecule has 0 heterocycles. The van der Waals surface area contributed by atoms with Gasteiger partial charge < -0.3 is 9.64 Å². The number of hydrogen-bond acceptors (Lipinski definition) is 4. The number of nitrogens with one attached hydrogen (secondary N) is 1. The van der Waals surface area contributed by atoms with Crippen LogP contribution in [0.4, 0.5) is 0 Å². The van der Waals surface area contributed by atoms with Crippen LogP contribution in [0.5, 0.6) is 0 Å². The van der Waals surface area contributed by atoms with E-state index in [-0.39, 0.29) is 0 Å². The monoisotopic (exact) mass is 175 g/mol. The zero-order chi connectivity index (χ0) is 9.56. The van der Waals surface area contributed by atoms with E-state index in [9.17, 15) is 0 Å². The smallest absolute Gasteiger partial charge is 0.112 e. The van der Waals surface area contributed by atoms with Crippen molar-refractivity contribution in [2.24, 2.45) is 0 Å². The molecule has 0 saturated heterocycles.